The summed E-state index contributed by atoms with van der Waals surface area (Å²) in [5, 5.41) is 4.13. The third kappa shape index (κ3) is 7.46. The van der Waals surface area contributed by atoms with Gasteiger partial charge in [0.1, 0.15) is 5.00 Å². The number of amides is 1. The maximum atomic E-state index is 12.2. The van der Waals surface area contributed by atoms with Gasteiger partial charge in [-0.25, -0.2) is 4.98 Å². The van der Waals surface area contributed by atoms with E-state index in [1.807, 2.05) is 41.1 Å². The van der Waals surface area contributed by atoms with E-state index in [1.165, 1.54) is 5.56 Å². The van der Waals surface area contributed by atoms with Crippen LogP contribution in [-0.2, 0) is 11.2 Å². The molecule has 3 aromatic rings. The van der Waals surface area contributed by atoms with E-state index in [0.717, 1.165) is 40.8 Å². The molecular formula is C26H34N4O3S. The van der Waals surface area contributed by atoms with Crippen LogP contribution in [0.4, 0.5) is 0 Å². The molecule has 0 radical (unpaired) electrons. The number of thiophene rings is 1. The highest BCUT2D eigenvalue weighted by Gasteiger charge is 2.11. The number of likely N-dealkylation sites (N-methyl/N-ethyl adjacent to an activating group) is 1. The first kappa shape index (κ1) is 25.5. The first-order valence-corrected chi connectivity index (χ1v) is 12.2. The highest BCUT2D eigenvalue weighted by atomic mass is 32.1. The molecule has 0 aliphatic carbocycles. The fourth-order valence-electron chi connectivity index (χ4n) is 3.52. The highest BCUT2D eigenvalue weighted by molar-refractivity contribution is 7.15. The molecule has 1 aromatic carbocycles. The largest absolute Gasteiger partial charge is 0.493 e. The predicted molar refractivity (Wildman–Crippen MR) is 138 cm³/mol. The van der Waals surface area contributed by atoms with E-state index in [-0.39, 0.29) is 5.91 Å². The van der Waals surface area contributed by atoms with Crippen LogP contribution in [0.1, 0.15) is 30.2 Å². The number of nitrogens with zero attached hydrogens (tertiary/aromatic N) is 3. The number of nitrogens with one attached hydrogen (secondary N) is 1. The molecule has 182 valence electrons. The minimum atomic E-state index is 0.0443. The van der Waals surface area contributed by atoms with E-state index in [0.29, 0.717) is 19.0 Å². The van der Waals surface area contributed by atoms with E-state index in [2.05, 4.69) is 41.3 Å². The van der Waals surface area contributed by atoms with Crippen LogP contribution in [0.2, 0.25) is 0 Å². The van der Waals surface area contributed by atoms with Crippen LogP contribution in [0.5, 0.6) is 11.5 Å². The van der Waals surface area contributed by atoms with Crippen LogP contribution in [0.25, 0.3) is 11.1 Å². The number of hydrogen-bond acceptors (Lipinski definition) is 6. The molecule has 1 atom stereocenters. The fourth-order valence-corrected chi connectivity index (χ4v) is 4.41. The first-order valence-electron chi connectivity index (χ1n) is 11.4. The molecular weight excluding hydrogens is 448 g/mol. The zero-order chi connectivity index (χ0) is 24.3. The van der Waals surface area contributed by atoms with Gasteiger partial charge in [-0.2, -0.15) is 0 Å². The molecule has 0 bridgehead atoms. The summed E-state index contributed by atoms with van der Waals surface area (Å²) in [6, 6.07) is 10.5. The highest BCUT2D eigenvalue weighted by Crippen LogP contribution is 2.27. The lowest BCUT2D eigenvalue weighted by atomic mass is 10.1. The number of hydrogen-bond donors (Lipinski definition) is 1. The number of ether oxygens (including phenoxy) is 2. The van der Waals surface area contributed by atoms with Crippen LogP contribution >= 0.6 is 11.3 Å². The number of imidazole rings is 1. The maximum Gasteiger partial charge on any atom is 0.223 e. The zero-order valence-corrected chi connectivity index (χ0v) is 21.2. The van der Waals surface area contributed by atoms with Crippen LogP contribution in [0.3, 0.4) is 0 Å². The second-order valence-electron chi connectivity index (χ2n) is 8.16. The predicted octanol–water partition coefficient (Wildman–Crippen LogP) is 4.42. The standard InChI is InChI=1S/C26H34N4O3S/c1-20(29(2)16-13-21-8-10-23(32-3)24(18-21)33-4)12-14-28-25(31)7-5-6-22-9-11-26(34-22)30-17-15-27-19-30/h5-6,8-11,15,17-20H,7,12-14,16H2,1-4H3,(H,28,31)/b6-5+. The first-order chi connectivity index (χ1) is 16.5. The number of aromatic nitrogens is 2. The van der Waals surface area contributed by atoms with Gasteiger partial charge in [0.25, 0.3) is 0 Å². The molecule has 1 unspecified atom stereocenters. The summed E-state index contributed by atoms with van der Waals surface area (Å²) in [4.78, 5) is 19.7. The van der Waals surface area contributed by atoms with Crippen molar-refractivity contribution in [3.63, 3.8) is 0 Å². The minimum Gasteiger partial charge on any atom is -0.493 e. The van der Waals surface area contributed by atoms with Gasteiger partial charge in [-0.05, 0) is 62.7 Å². The summed E-state index contributed by atoms with van der Waals surface area (Å²) < 4.78 is 12.7. The van der Waals surface area contributed by atoms with Gasteiger partial charge < -0.3 is 19.7 Å². The SMILES string of the molecule is COc1ccc(CCN(C)C(C)CCNC(=O)C/C=C/c2ccc(-n3ccnc3)s2)cc1OC. The smallest absolute Gasteiger partial charge is 0.223 e. The Morgan fingerprint density at radius 1 is 1.24 bits per heavy atom. The lowest BCUT2D eigenvalue weighted by Crippen LogP contribution is -2.35. The Balaban J connectivity index is 1.34. The van der Waals surface area contributed by atoms with E-state index in [9.17, 15) is 4.79 Å². The molecule has 3 rings (SSSR count). The Kier molecular flexibility index (Phi) is 9.73. The average molecular weight is 483 g/mol. The summed E-state index contributed by atoms with van der Waals surface area (Å²) in [5.41, 5.74) is 1.21. The van der Waals surface area contributed by atoms with Gasteiger partial charge in [-0.15, -0.1) is 11.3 Å². The topological polar surface area (TPSA) is 68.6 Å². The van der Waals surface area contributed by atoms with Gasteiger partial charge in [0.2, 0.25) is 5.91 Å². The van der Waals surface area contributed by atoms with Crippen molar-refractivity contribution in [2.24, 2.45) is 0 Å². The van der Waals surface area contributed by atoms with E-state index in [1.54, 1.807) is 38.1 Å². The Labute approximate surface area is 206 Å². The molecule has 0 spiro atoms. The van der Waals surface area contributed by atoms with E-state index in [4.69, 9.17) is 9.47 Å². The molecule has 1 amide bonds. The van der Waals surface area contributed by atoms with Gasteiger partial charge in [-0.3, -0.25) is 9.36 Å². The number of carbonyl (C=O) groups excluding carboxylic acids is 1. The molecule has 1 N–H and O–H groups in total. The van der Waals surface area contributed by atoms with Gasteiger partial charge in [-0.1, -0.05) is 12.1 Å². The molecule has 8 heteroatoms. The lowest BCUT2D eigenvalue weighted by Gasteiger charge is -2.25. The van der Waals surface area contributed by atoms with Gasteiger partial charge in [0.05, 0.1) is 20.5 Å². The third-order valence-electron chi connectivity index (χ3n) is 5.79. The van der Waals surface area contributed by atoms with Crippen LogP contribution in [0, 0.1) is 0 Å². The molecule has 0 aliphatic heterocycles. The minimum absolute atomic E-state index is 0.0443. The van der Waals surface area contributed by atoms with Crippen molar-refractivity contribution in [2.45, 2.75) is 32.2 Å². The van der Waals surface area contributed by atoms with Gasteiger partial charge >= 0.3 is 0 Å². The number of methoxy groups -OCH3 is 2. The van der Waals surface area contributed by atoms with Crippen molar-refractivity contribution >= 4 is 23.3 Å². The maximum absolute atomic E-state index is 12.2. The average Bonchev–Trinajstić information content (AvgIpc) is 3.54. The molecule has 0 saturated heterocycles. The molecule has 2 heterocycles. The van der Waals surface area contributed by atoms with Crippen LogP contribution in [-0.4, -0.2) is 60.8 Å². The molecule has 0 fully saturated rings. The molecule has 7 nitrogen and oxygen atoms in total. The Morgan fingerprint density at radius 3 is 2.79 bits per heavy atom. The summed E-state index contributed by atoms with van der Waals surface area (Å²) in [6.07, 6.45) is 11.6. The van der Waals surface area contributed by atoms with E-state index >= 15 is 0 Å². The molecule has 0 aliphatic rings. The Hall–Kier alpha value is -3.10. The van der Waals surface area contributed by atoms with Crippen molar-refractivity contribution in [1.29, 1.82) is 0 Å². The molecule has 34 heavy (non-hydrogen) atoms. The van der Waals surface area contributed by atoms with Gasteiger partial charge in [0, 0.05) is 42.8 Å². The lowest BCUT2D eigenvalue weighted by molar-refractivity contribution is -0.120. The number of rotatable bonds is 13. The monoisotopic (exact) mass is 482 g/mol. The quantitative estimate of drug-likeness (QED) is 0.391. The normalized spacial score (nSPS) is 12.3. The third-order valence-corrected chi connectivity index (χ3v) is 6.86. The van der Waals surface area contributed by atoms with Crippen molar-refractivity contribution in [3.05, 3.63) is 65.6 Å². The van der Waals surface area contributed by atoms with Crippen molar-refractivity contribution < 1.29 is 14.3 Å². The summed E-state index contributed by atoms with van der Waals surface area (Å²) >= 11 is 1.66. The van der Waals surface area contributed by atoms with Gasteiger partial charge in [0.15, 0.2) is 11.5 Å². The van der Waals surface area contributed by atoms with Crippen LogP contribution in [0.15, 0.2) is 55.1 Å². The number of benzene rings is 1. The Morgan fingerprint density at radius 2 is 2.06 bits per heavy atom. The fraction of sp³-hybridized carbons (Fsp3) is 0.385. The Bertz CT molecular complexity index is 1060. The van der Waals surface area contributed by atoms with E-state index < -0.39 is 0 Å². The summed E-state index contributed by atoms with van der Waals surface area (Å²) in [7, 11) is 5.42. The second kappa shape index (κ2) is 13.0. The van der Waals surface area contributed by atoms with Crippen LogP contribution < -0.4 is 14.8 Å². The molecule has 0 saturated carbocycles. The van der Waals surface area contributed by atoms with Crippen molar-refractivity contribution in [2.75, 3.05) is 34.4 Å². The summed E-state index contributed by atoms with van der Waals surface area (Å²) in [6.45, 7) is 3.78. The number of carbonyl (C=O) groups is 1. The van der Waals surface area contributed by atoms with Crippen molar-refractivity contribution in [1.82, 2.24) is 19.8 Å². The molecule has 2 aromatic heterocycles. The second-order valence-corrected chi connectivity index (χ2v) is 9.25. The zero-order valence-electron chi connectivity index (χ0n) is 20.4. The summed E-state index contributed by atoms with van der Waals surface area (Å²) in [5.74, 6) is 1.54. The van der Waals surface area contributed by atoms with Crippen molar-refractivity contribution in [3.8, 4) is 16.5 Å².